The van der Waals surface area contributed by atoms with Crippen molar-refractivity contribution in [3.05, 3.63) is 59.7 Å². The van der Waals surface area contributed by atoms with Gasteiger partial charge in [0.25, 0.3) is 5.91 Å². The lowest BCUT2D eigenvalue weighted by atomic mass is 10.1. The van der Waals surface area contributed by atoms with Crippen LogP contribution in [0.25, 0.3) is 10.9 Å². The number of carbonyl (C=O) groups excluding carboxylic acids is 1. The number of benzene rings is 1. The van der Waals surface area contributed by atoms with E-state index in [0.717, 1.165) is 22.4 Å². The summed E-state index contributed by atoms with van der Waals surface area (Å²) in [6.07, 6.45) is 1.86. The van der Waals surface area contributed by atoms with Gasteiger partial charge in [-0.15, -0.1) is 0 Å². The number of hydrogen-bond acceptors (Lipinski definition) is 2. The molecule has 3 aromatic rings. The average Bonchev–Trinajstić information content (AvgIpc) is 3.05. The SMILES string of the molecule is Cc1ccc(C(C)NC(=O)c2ccc3[nH]ccc3c2)o1. The highest BCUT2D eigenvalue weighted by atomic mass is 16.3. The standard InChI is InChI=1S/C16H16N2O2/c1-10-3-6-15(20-10)11(2)18-16(19)13-4-5-14-12(9-13)7-8-17-14/h3-9,11,17H,1-2H3,(H,18,19). The summed E-state index contributed by atoms with van der Waals surface area (Å²) in [5, 5.41) is 3.97. The lowest BCUT2D eigenvalue weighted by Gasteiger charge is -2.11. The Hall–Kier alpha value is -2.49. The highest BCUT2D eigenvalue weighted by molar-refractivity contribution is 5.98. The number of nitrogens with one attached hydrogen (secondary N) is 2. The number of aryl methyl sites for hydroxylation is 1. The van der Waals surface area contributed by atoms with Crippen molar-refractivity contribution in [2.45, 2.75) is 19.9 Å². The molecule has 2 N–H and O–H groups in total. The van der Waals surface area contributed by atoms with Gasteiger partial charge in [-0.05, 0) is 50.2 Å². The van der Waals surface area contributed by atoms with E-state index in [1.807, 2.05) is 56.4 Å². The van der Waals surface area contributed by atoms with Crippen LogP contribution in [0.1, 0.15) is 34.8 Å². The molecule has 4 nitrogen and oxygen atoms in total. The zero-order valence-corrected chi connectivity index (χ0v) is 11.4. The van der Waals surface area contributed by atoms with Crippen LogP contribution in [0, 0.1) is 6.92 Å². The monoisotopic (exact) mass is 268 g/mol. The lowest BCUT2D eigenvalue weighted by Crippen LogP contribution is -2.26. The molecule has 0 aliphatic heterocycles. The molecule has 1 amide bonds. The molecule has 0 saturated heterocycles. The number of aromatic nitrogens is 1. The molecule has 4 heteroatoms. The summed E-state index contributed by atoms with van der Waals surface area (Å²) >= 11 is 0. The van der Waals surface area contributed by atoms with Crippen molar-refractivity contribution in [1.29, 1.82) is 0 Å². The third kappa shape index (κ3) is 2.32. The second kappa shape index (κ2) is 4.89. The van der Waals surface area contributed by atoms with E-state index in [0.29, 0.717) is 5.56 Å². The first-order valence-electron chi connectivity index (χ1n) is 6.58. The molecule has 20 heavy (non-hydrogen) atoms. The number of carbonyl (C=O) groups is 1. The number of H-pyrrole nitrogens is 1. The van der Waals surface area contributed by atoms with Crippen molar-refractivity contribution in [3.63, 3.8) is 0 Å². The summed E-state index contributed by atoms with van der Waals surface area (Å²) in [6, 6.07) is 11.2. The molecule has 2 aromatic heterocycles. The molecule has 0 spiro atoms. The molecule has 0 aliphatic rings. The van der Waals surface area contributed by atoms with Crippen LogP contribution in [0.4, 0.5) is 0 Å². The van der Waals surface area contributed by atoms with Gasteiger partial charge in [0, 0.05) is 22.7 Å². The van der Waals surface area contributed by atoms with Crippen LogP contribution in [-0.2, 0) is 0 Å². The first kappa shape index (κ1) is 12.5. The number of aromatic amines is 1. The van der Waals surface area contributed by atoms with E-state index in [4.69, 9.17) is 4.42 Å². The first-order chi connectivity index (χ1) is 9.63. The van der Waals surface area contributed by atoms with Crippen LogP contribution in [0.3, 0.4) is 0 Å². The van der Waals surface area contributed by atoms with Gasteiger partial charge in [0.05, 0.1) is 6.04 Å². The predicted octanol–water partition coefficient (Wildman–Crippen LogP) is 3.56. The molecule has 0 bridgehead atoms. The van der Waals surface area contributed by atoms with Crippen molar-refractivity contribution in [3.8, 4) is 0 Å². The van der Waals surface area contributed by atoms with Crippen molar-refractivity contribution >= 4 is 16.8 Å². The van der Waals surface area contributed by atoms with E-state index >= 15 is 0 Å². The van der Waals surface area contributed by atoms with E-state index in [1.165, 1.54) is 0 Å². The molecule has 0 radical (unpaired) electrons. The molecule has 0 saturated carbocycles. The number of hydrogen-bond donors (Lipinski definition) is 2. The van der Waals surface area contributed by atoms with E-state index in [1.54, 1.807) is 0 Å². The van der Waals surface area contributed by atoms with Crippen LogP contribution in [-0.4, -0.2) is 10.9 Å². The van der Waals surface area contributed by atoms with Crippen LogP contribution in [0.2, 0.25) is 0 Å². The smallest absolute Gasteiger partial charge is 0.251 e. The van der Waals surface area contributed by atoms with Gasteiger partial charge < -0.3 is 14.7 Å². The van der Waals surface area contributed by atoms with Crippen molar-refractivity contribution in [2.24, 2.45) is 0 Å². The number of fused-ring (bicyclic) bond motifs is 1. The Balaban J connectivity index is 1.78. The van der Waals surface area contributed by atoms with Gasteiger partial charge in [-0.25, -0.2) is 0 Å². The Morgan fingerprint density at radius 3 is 2.85 bits per heavy atom. The third-order valence-electron chi connectivity index (χ3n) is 3.35. The van der Waals surface area contributed by atoms with Gasteiger partial charge in [-0.1, -0.05) is 0 Å². The maximum absolute atomic E-state index is 12.2. The fourth-order valence-corrected chi connectivity index (χ4v) is 2.23. The van der Waals surface area contributed by atoms with Gasteiger partial charge in [0.2, 0.25) is 0 Å². The fraction of sp³-hybridized carbons (Fsp3) is 0.188. The van der Waals surface area contributed by atoms with Gasteiger partial charge >= 0.3 is 0 Å². The minimum Gasteiger partial charge on any atom is -0.464 e. The molecule has 1 atom stereocenters. The van der Waals surface area contributed by atoms with Crippen LogP contribution < -0.4 is 5.32 Å². The predicted molar refractivity (Wildman–Crippen MR) is 77.6 cm³/mol. The minimum atomic E-state index is -0.155. The molecular formula is C16H16N2O2. The zero-order chi connectivity index (χ0) is 14.1. The Labute approximate surface area is 116 Å². The Bertz CT molecular complexity index is 755. The Morgan fingerprint density at radius 2 is 2.10 bits per heavy atom. The van der Waals surface area contributed by atoms with Crippen molar-refractivity contribution in [1.82, 2.24) is 10.3 Å². The Morgan fingerprint density at radius 1 is 1.25 bits per heavy atom. The number of amides is 1. The number of rotatable bonds is 3. The summed E-state index contributed by atoms with van der Waals surface area (Å²) in [4.78, 5) is 15.3. The highest BCUT2D eigenvalue weighted by Gasteiger charge is 2.14. The average molecular weight is 268 g/mol. The molecule has 1 aromatic carbocycles. The lowest BCUT2D eigenvalue weighted by molar-refractivity contribution is 0.0935. The quantitative estimate of drug-likeness (QED) is 0.763. The zero-order valence-electron chi connectivity index (χ0n) is 11.4. The van der Waals surface area contributed by atoms with Crippen molar-refractivity contribution in [2.75, 3.05) is 0 Å². The summed E-state index contributed by atoms with van der Waals surface area (Å²) in [5.74, 6) is 1.50. The van der Waals surface area contributed by atoms with E-state index in [9.17, 15) is 4.79 Å². The molecule has 2 heterocycles. The maximum Gasteiger partial charge on any atom is 0.251 e. The number of furan rings is 1. The summed E-state index contributed by atoms with van der Waals surface area (Å²) in [7, 11) is 0. The maximum atomic E-state index is 12.2. The largest absolute Gasteiger partial charge is 0.464 e. The molecular weight excluding hydrogens is 252 g/mol. The molecule has 0 fully saturated rings. The normalized spacial score (nSPS) is 12.5. The molecule has 102 valence electrons. The van der Waals surface area contributed by atoms with Gasteiger partial charge in [-0.2, -0.15) is 0 Å². The fourth-order valence-electron chi connectivity index (χ4n) is 2.23. The summed E-state index contributed by atoms with van der Waals surface area (Å²) < 4.78 is 5.52. The minimum absolute atomic E-state index is 0.102. The van der Waals surface area contributed by atoms with E-state index in [2.05, 4.69) is 10.3 Å². The van der Waals surface area contributed by atoms with E-state index in [-0.39, 0.29) is 11.9 Å². The highest BCUT2D eigenvalue weighted by Crippen LogP contribution is 2.18. The van der Waals surface area contributed by atoms with Crippen LogP contribution >= 0.6 is 0 Å². The topological polar surface area (TPSA) is 58.0 Å². The Kier molecular flexibility index (Phi) is 3.06. The van der Waals surface area contributed by atoms with Crippen molar-refractivity contribution < 1.29 is 9.21 Å². The van der Waals surface area contributed by atoms with E-state index < -0.39 is 0 Å². The summed E-state index contributed by atoms with van der Waals surface area (Å²) in [6.45, 7) is 3.79. The van der Waals surface area contributed by atoms with Crippen LogP contribution in [0.15, 0.2) is 47.0 Å². The summed E-state index contributed by atoms with van der Waals surface area (Å²) in [5.41, 5.74) is 1.67. The first-order valence-corrected chi connectivity index (χ1v) is 6.58. The molecule has 0 aliphatic carbocycles. The van der Waals surface area contributed by atoms with Gasteiger partial charge in [0.15, 0.2) is 0 Å². The molecule has 3 rings (SSSR count). The van der Waals surface area contributed by atoms with Gasteiger partial charge in [0.1, 0.15) is 11.5 Å². The van der Waals surface area contributed by atoms with Gasteiger partial charge in [-0.3, -0.25) is 4.79 Å². The molecule has 1 unspecified atom stereocenters. The third-order valence-corrected chi connectivity index (χ3v) is 3.35. The van der Waals surface area contributed by atoms with Crippen LogP contribution in [0.5, 0.6) is 0 Å². The second-order valence-corrected chi connectivity index (χ2v) is 4.92. The second-order valence-electron chi connectivity index (χ2n) is 4.92.